The second-order valence-electron chi connectivity index (χ2n) is 2.40. The Morgan fingerprint density at radius 1 is 0.800 bits per heavy atom. The number of aliphatic carboxylic acids is 2. The maximum Gasteiger partial charge on any atom is 1.00 e. The Balaban J connectivity index is -0.0000000702. The standard InChI is InChI=1S/C2H2O4.3CHFNO2P.Na/c3-1(4)2(5)6;3*2-6(4,5)1-3;/h(H,3,4)(H,5,6);3*(H,4,5);/q;;;;+1/p-1. The van der Waals surface area contributed by atoms with E-state index in [0.717, 1.165) is 0 Å². The monoisotopic (exact) mass is 439 g/mol. The molecule has 0 fully saturated rings. The second-order valence-corrected chi connectivity index (χ2v) is 6.01. The third kappa shape index (κ3) is 70.9. The molecule has 0 aliphatic rings. The molecule has 20 heteroatoms. The summed E-state index contributed by atoms with van der Waals surface area (Å²) in [5.74, 6) is -2.36. The van der Waals surface area contributed by atoms with Crippen LogP contribution < -0.4 is 34.7 Å². The first-order valence-corrected chi connectivity index (χ1v) is 8.73. The van der Waals surface area contributed by atoms with E-state index in [-0.39, 0.29) is 29.6 Å². The Kier molecular flexibility index (Phi) is 22.7. The first-order chi connectivity index (χ1) is 10.3. The van der Waals surface area contributed by atoms with Gasteiger partial charge in [0.1, 0.15) is 0 Å². The molecule has 0 spiro atoms. The maximum atomic E-state index is 10.9. The minimum atomic E-state index is -4.84. The molecule has 0 aliphatic heterocycles. The number of rotatable bonds is 0. The smallest absolute Gasteiger partial charge is 0.539 e. The maximum absolute atomic E-state index is 10.9. The summed E-state index contributed by atoms with van der Waals surface area (Å²) in [6, 6.07) is 0. The molecule has 0 bridgehead atoms. The minimum Gasteiger partial charge on any atom is -0.539 e. The van der Waals surface area contributed by atoms with Crippen LogP contribution in [-0.2, 0) is 23.3 Å². The van der Waals surface area contributed by atoms with Gasteiger partial charge in [-0.3, -0.25) is 0 Å². The molecule has 4 N–H and O–H groups in total. The van der Waals surface area contributed by atoms with Crippen LogP contribution in [0.4, 0.5) is 12.6 Å². The van der Waals surface area contributed by atoms with Gasteiger partial charge in [0.2, 0.25) is 0 Å². The number of hydrogen-bond acceptors (Lipinski definition) is 9. The van der Waals surface area contributed by atoms with Gasteiger partial charge in [-0.15, -0.1) is 12.6 Å². The fourth-order valence-electron chi connectivity index (χ4n) is 0. The largest absolute Gasteiger partial charge is 1.00 e. The molecule has 0 rings (SSSR count). The summed E-state index contributed by atoms with van der Waals surface area (Å²) in [6.45, 7) is 0. The van der Waals surface area contributed by atoms with E-state index in [0.29, 0.717) is 17.4 Å². The van der Waals surface area contributed by atoms with E-state index in [1.807, 2.05) is 0 Å². The van der Waals surface area contributed by atoms with E-state index in [9.17, 15) is 12.6 Å². The van der Waals surface area contributed by atoms with Crippen LogP contribution in [0.25, 0.3) is 0 Å². The molecular weight excluding hydrogens is 435 g/mol. The molecule has 3 atom stereocenters. The molecule has 25 heavy (non-hydrogen) atoms. The Bertz CT molecular complexity index is 605. The number of nitrogens with zero attached hydrogens (tertiary/aromatic N) is 3. The van der Waals surface area contributed by atoms with Gasteiger partial charge in [-0.05, 0) is 0 Å². The van der Waals surface area contributed by atoms with Crippen LogP contribution >= 0.6 is 23.0 Å². The van der Waals surface area contributed by atoms with Crippen molar-refractivity contribution in [2.75, 3.05) is 0 Å². The zero-order valence-electron chi connectivity index (χ0n) is 11.6. The third-order valence-corrected chi connectivity index (χ3v) is 1.28. The number of carbonyl (C=O) groups excluding carboxylic acids is 1. The number of carboxylic acid groups (broad SMARTS) is 2. The molecule has 0 saturated carbocycles. The molecule has 0 aliphatic carbocycles. The molecular formula is C5H4F3N3NaO10P3. The van der Waals surface area contributed by atoms with Gasteiger partial charge in [0.25, 0.3) is 0 Å². The molecule has 3 unspecified atom stereocenters. The van der Waals surface area contributed by atoms with Crippen LogP contribution in [0.5, 0.6) is 0 Å². The van der Waals surface area contributed by atoms with Crippen LogP contribution in [-0.4, -0.2) is 31.7 Å². The third-order valence-electron chi connectivity index (χ3n) is 0.545. The summed E-state index contributed by atoms with van der Waals surface area (Å²) in [5, 5.41) is 38.1. The van der Waals surface area contributed by atoms with Crippen molar-refractivity contribution in [2.45, 2.75) is 0 Å². The van der Waals surface area contributed by atoms with Gasteiger partial charge in [0, 0.05) is 0 Å². The predicted octanol–water partition coefficient (Wildman–Crippen LogP) is -3.31. The van der Waals surface area contributed by atoms with Crippen molar-refractivity contribution in [3.8, 4) is 17.4 Å². The molecule has 0 aromatic carbocycles. The van der Waals surface area contributed by atoms with E-state index < -0.39 is 35.0 Å². The summed E-state index contributed by atoms with van der Waals surface area (Å²) in [5.41, 5.74) is 0. The first kappa shape index (κ1) is 35.0. The van der Waals surface area contributed by atoms with Crippen molar-refractivity contribution in [3.63, 3.8) is 0 Å². The van der Waals surface area contributed by atoms with Crippen molar-refractivity contribution < 1.29 is 90.3 Å². The molecule has 0 aromatic rings. The van der Waals surface area contributed by atoms with Crippen molar-refractivity contribution >= 4 is 35.0 Å². The van der Waals surface area contributed by atoms with Gasteiger partial charge in [0.05, 0.1) is 0 Å². The molecule has 0 saturated heterocycles. The summed E-state index contributed by atoms with van der Waals surface area (Å²) < 4.78 is 59.9. The number of carboxylic acids is 2. The van der Waals surface area contributed by atoms with Gasteiger partial charge in [0.15, 0.2) is 23.4 Å². The number of hydrogen-bond donors (Lipinski definition) is 4. The zero-order chi connectivity index (χ0) is 20.8. The Labute approximate surface area is 158 Å². The molecule has 0 amide bonds. The number of halogens is 3. The van der Waals surface area contributed by atoms with Crippen LogP contribution in [0.2, 0.25) is 0 Å². The summed E-state index contributed by atoms with van der Waals surface area (Å²) in [7, 11) is -14.5. The van der Waals surface area contributed by atoms with E-state index in [4.69, 9.17) is 64.0 Å². The van der Waals surface area contributed by atoms with Gasteiger partial charge >= 0.3 is 58.6 Å². The van der Waals surface area contributed by atoms with Crippen molar-refractivity contribution in [2.24, 2.45) is 0 Å². The van der Waals surface area contributed by atoms with Crippen LogP contribution in [0.3, 0.4) is 0 Å². The van der Waals surface area contributed by atoms with Gasteiger partial charge in [-0.2, -0.15) is 15.8 Å². The quantitative estimate of drug-likeness (QED) is 0.164. The van der Waals surface area contributed by atoms with Crippen LogP contribution in [0.1, 0.15) is 0 Å². The zero-order valence-corrected chi connectivity index (χ0v) is 16.2. The molecule has 136 valence electrons. The summed E-state index contributed by atoms with van der Waals surface area (Å²) in [6.07, 6.45) is 0. The average Bonchev–Trinajstić information content (AvgIpc) is 2.38. The molecule has 0 heterocycles. The first-order valence-electron chi connectivity index (χ1n) is 4.08. The minimum absolute atomic E-state index is 0. The van der Waals surface area contributed by atoms with Gasteiger partial charge in [-0.25, -0.2) is 18.5 Å². The topological polar surface area (TPSA) is 261 Å². The van der Waals surface area contributed by atoms with Crippen molar-refractivity contribution in [1.29, 1.82) is 15.8 Å². The SMILES string of the molecule is N#CP(=O)(O)F.N#CP(=O)(O)F.N#CP(=O)(O)F.O=C([O-])C(=O)O.[Na+]. The normalized spacial score (nSPS) is 14.8. The van der Waals surface area contributed by atoms with Crippen LogP contribution in [0.15, 0.2) is 0 Å². The van der Waals surface area contributed by atoms with Crippen molar-refractivity contribution in [3.05, 3.63) is 0 Å². The fourth-order valence-corrected chi connectivity index (χ4v) is 0. The van der Waals surface area contributed by atoms with Crippen molar-refractivity contribution in [1.82, 2.24) is 0 Å². The van der Waals surface area contributed by atoms with Gasteiger partial charge < -0.3 is 29.7 Å². The molecule has 0 radical (unpaired) electrons. The van der Waals surface area contributed by atoms with E-state index in [1.54, 1.807) is 0 Å². The predicted molar refractivity (Wildman–Crippen MR) is 62.3 cm³/mol. The molecule has 0 aromatic heterocycles. The molecule has 13 nitrogen and oxygen atoms in total. The number of nitriles is 3. The number of carbonyl (C=O) groups is 2. The van der Waals surface area contributed by atoms with E-state index in [1.165, 1.54) is 0 Å². The Hall–Kier alpha value is -1.23. The van der Waals surface area contributed by atoms with E-state index >= 15 is 0 Å². The summed E-state index contributed by atoms with van der Waals surface area (Å²) in [4.78, 5) is 40.1. The van der Waals surface area contributed by atoms with Crippen LogP contribution in [0, 0.1) is 33.2 Å². The van der Waals surface area contributed by atoms with E-state index in [2.05, 4.69) is 0 Å². The van der Waals surface area contributed by atoms with Gasteiger partial charge in [-0.1, -0.05) is 0 Å². The Morgan fingerprint density at radius 2 is 0.880 bits per heavy atom. The summed E-state index contributed by atoms with van der Waals surface area (Å²) >= 11 is 0. The fraction of sp³-hybridized carbons (Fsp3) is 0. The average molecular weight is 439 g/mol. The second kappa shape index (κ2) is 16.2. The Morgan fingerprint density at radius 3 is 0.880 bits per heavy atom.